The van der Waals surface area contributed by atoms with Crippen LogP contribution in [0.25, 0.3) is 0 Å². The van der Waals surface area contributed by atoms with E-state index in [0.29, 0.717) is 0 Å². The number of ether oxygens (including phenoxy) is 1. The molecule has 0 amide bonds. The highest BCUT2D eigenvalue weighted by molar-refractivity contribution is 7.86. The average molecular weight is 327 g/mol. The molecule has 0 spiro atoms. The van der Waals surface area contributed by atoms with E-state index in [1.165, 1.54) is 0 Å². The summed E-state index contributed by atoms with van der Waals surface area (Å²) < 4.78 is 35.7. The smallest absolute Gasteiger partial charge is 0.308 e. The van der Waals surface area contributed by atoms with E-state index >= 15 is 0 Å². The predicted molar refractivity (Wildman–Crippen MR) is 68.1 cm³/mol. The fraction of sp³-hybridized carbons (Fsp3) is 0.200. The van der Waals surface area contributed by atoms with Crippen molar-refractivity contribution in [1.29, 1.82) is 0 Å². The van der Waals surface area contributed by atoms with Crippen LogP contribution in [0, 0.1) is 0 Å². The van der Waals surface area contributed by atoms with E-state index in [-0.39, 0.29) is 27.6 Å². The summed E-state index contributed by atoms with van der Waals surface area (Å²) in [7, 11) is -4.66. The SMILES string of the molecule is CC(=O)Oc1cc(Cl)c(C(C=O)S(=O)(=O)O)cc1Cl. The molecule has 0 saturated carbocycles. The lowest BCUT2D eigenvalue weighted by Gasteiger charge is -2.12. The molecule has 9 heteroatoms. The molecule has 1 aromatic carbocycles. The number of aldehydes is 1. The normalized spacial score (nSPS) is 12.8. The molecule has 1 rings (SSSR count). The van der Waals surface area contributed by atoms with Gasteiger partial charge in [-0.25, -0.2) is 0 Å². The topological polar surface area (TPSA) is 97.7 Å². The van der Waals surface area contributed by atoms with Crippen LogP contribution >= 0.6 is 23.2 Å². The summed E-state index contributed by atoms with van der Waals surface area (Å²) in [5.74, 6) is -0.727. The maximum Gasteiger partial charge on any atom is 0.308 e. The number of hydrogen-bond acceptors (Lipinski definition) is 5. The minimum absolute atomic E-state index is 0.0123. The van der Waals surface area contributed by atoms with Crippen molar-refractivity contribution in [3.63, 3.8) is 0 Å². The Morgan fingerprint density at radius 2 is 1.95 bits per heavy atom. The van der Waals surface area contributed by atoms with Gasteiger partial charge in [-0.3, -0.25) is 9.35 Å². The number of benzene rings is 1. The standard InChI is InChI=1S/C10H8Cl2O6S/c1-5(14)18-9-3-7(11)6(2-8(9)12)10(4-13)19(15,16)17/h2-4,10H,1H3,(H,15,16,17). The summed E-state index contributed by atoms with van der Waals surface area (Å²) in [6, 6.07) is 2.12. The van der Waals surface area contributed by atoms with E-state index in [0.717, 1.165) is 19.1 Å². The highest BCUT2D eigenvalue weighted by atomic mass is 35.5. The van der Waals surface area contributed by atoms with Gasteiger partial charge in [-0.15, -0.1) is 0 Å². The minimum Gasteiger partial charge on any atom is -0.425 e. The van der Waals surface area contributed by atoms with Gasteiger partial charge in [-0.2, -0.15) is 8.42 Å². The first-order valence-corrected chi connectivity index (χ1v) is 7.01. The van der Waals surface area contributed by atoms with Crippen LogP contribution < -0.4 is 4.74 Å². The van der Waals surface area contributed by atoms with Crippen molar-refractivity contribution in [1.82, 2.24) is 0 Å². The third-order valence-corrected chi connectivity index (χ3v) is 3.69. The third kappa shape index (κ3) is 3.90. The molecule has 1 N–H and O–H groups in total. The monoisotopic (exact) mass is 326 g/mol. The Bertz CT molecular complexity index is 625. The summed E-state index contributed by atoms with van der Waals surface area (Å²) in [5, 5.41) is -2.16. The van der Waals surface area contributed by atoms with Crippen molar-refractivity contribution in [3.05, 3.63) is 27.7 Å². The highest BCUT2D eigenvalue weighted by Crippen LogP contribution is 2.35. The quantitative estimate of drug-likeness (QED) is 0.393. The van der Waals surface area contributed by atoms with Gasteiger partial charge in [0, 0.05) is 23.6 Å². The van der Waals surface area contributed by atoms with E-state index < -0.39 is 21.3 Å². The van der Waals surface area contributed by atoms with Gasteiger partial charge in [0.2, 0.25) is 0 Å². The number of carbonyl (C=O) groups is 2. The van der Waals surface area contributed by atoms with E-state index in [9.17, 15) is 18.0 Å². The molecule has 1 aromatic rings. The number of halogens is 2. The molecule has 0 bridgehead atoms. The van der Waals surface area contributed by atoms with Crippen LogP contribution in [0.2, 0.25) is 10.0 Å². The summed E-state index contributed by atoms with van der Waals surface area (Å²) in [4.78, 5) is 21.5. The van der Waals surface area contributed by atoms with Crippen molar-refractivity contribution < 1.29 is 27.3 Å². The average Bonchev–Trinajstić information content (AvgIpc) is 2.23. The summed E-state index contributed by atoms with van der Waals surface area (Å²) >= 11 is 11.5. The zero-order valence-electron chi connectivity index (χ0n) is 9.46. The first-order valence-electron chi connectivity index (χ1n) is 4.75. The van der Waals surface area contributed by atoms with Crippen LogP contribution in [0.1, 0.15) is 17.7 Å². The zero-order chi connectivity index (χ0) is 14.8. The van der Waals surface area contributed by atoms with Gasteiger partial charge in [0.15, 0.2) is 11.0 Å². The van der Waals surface area contributed by atoms with Crippen molar-refractivity contribution in [2.45, 2.75) is 12.2 Å². The van der Waals surface area contributed by atoms with Gasteiger partial charge in [0.1, 0.15) is 6.29 Å². The van der Waals surface area contributed by atoms with Crippen LogP contribution in [-0.2, 0) is 19.7 Å². The van der Waals surface area contributed by atoms with Crippen molar-refractivity contribution in [3.8, 4) is 5.75 Å². The predicted octanol–water partition coefficient (Wildman–Crippen LogP) is 2.05. The molecule has 0 fully saturated rings. The van der Waals surface area contributed by atoms with Gasteiger partial charge in [-0.1, -0.05) is 23.2 Å². The van der Waals surface area contributed by atoms with Crippen LogP contribution in [0.5, 0.6) is 5.75 Å². The lowest BCUT2D eigenvalue weighted by molar-refractivity contribution is -0.131. The van der Waals surface area contributed by atoms with E-state index in [1.54, 1.807) is 0 Å². The fourth-order valence-corrected chi connectivity index (χ4v) is 2.50. The van der Waals surface area contributed by atoms with Crippen molar-refractivity contribution in [2.75, 3.05) is 0 Å². The number of hydrogen-bond donors (Lipinski definition) is 1. The molecule has 19 heavy (non-hydrogen) atoms. The number of rotatable bonds is 4. The first-order chi connectivity index (χ1) is 8.66. The molecule has 0 heterocycles. The molecule has 0 saturated heterocycles. The molecule has 1 atom stereocenters. The second kappa shape index (κ2) is 5.87. The Labute approximate surface area is 119 Å². The Morgan fingerprint density at radius 3 is 2.37 bits per heavy atom. The lowest BCUT2D eigenvalue weighted by Crippen LogP contribution is -2.14. The maximum atomic E-state index is 11.0. The Kier molecular flexibility index (Phi) is 4.92. The molecule has 6 nitrogen and oxygen atoms in total. The Balaban J connectivity index is 3.36. The molecule has 0 aliphatic rings. The molecule has 0 aromatic heterocycles. The van der Waals surface area contributed by atoms with Crippen molar-refractivity contribution >= 4 is 45.6 Å². The second-order valence-corrected chi connectivity index (χ2v) is 5.82. The highest BCUT2D eigenvalue weighted by Gasteiger charge is 2.28. The van der Waals surface area contributed by atoms with E-state index in [2.05, 4.69) is 0 Å². The van der Waals surface area contributed by atoms with Gasteiger partial charge in [0.05, 0.1) is 5.02 Å². The summed E-state index contributed by atoms with van der Waals surface area (Å²) in [5.41, 5.74) is -0.208. The van der Waals surface area contributed by atoms with E-state index in [1.807, 2.05) is 0 Å². The fourth-order valence-electron chi connectivity index (χ4n) is 1.30. The Morgan fingerprint density at radius 1 is 1.37 bits per heavy atom. The van der Waals surface area contributed by atoms with Crippen LogP contribution in [0.15, 0.2) is 12.1 Å². The van der Waals surface area contributed by atoms with Crippen LogP contribution in [0.4, 0.5) is 0 Å². The molecule has 104 valence electrons. The van der Waals surface area contributed by atoms with Crippen LogP contribution in [-0.4, -0.2) is 25.2 Å². The Hall–Kier alpha value is -1.15. The largest absolute Gasteiger partial charge is 0.425 e. The van der Waals surface area contributed by atoms with Gasteiger partial charge in [0.25, 0.3) is 10.1 Å². The summed E-state index contributed by atoms with van der Waals surface area (Å²) in [6.45, 7) is 1.14. The molecule has 1 unspecified atom stereocenters. The summed E-state index contributed by atoms with van der Waals surface area (Å²) in [6.07, 6.45) is 0.0123. The first kappa shape index (κ1) is 15.9. The van der Waals surface area contributed by atoms with Gasteiger partial charge in [-0.05, 0) is 6.07 Å². The lowest BCUT2D eigenvalue weighted by atomic mass is 10.1. The second-order valence-electron chi connectivity index (χ2n) is 3.47. The zero-order valence-corrected chi connectivity index (χ0v) is 11.8. The molecule has 0 aliphatic carbocycles. The molecule has 0 aliphatic heterocycles. The third-order valence-electron chi connectivity index (χ3n) is 2.06. The van der Waals surface area contributed by atoms with Crippen molar-refractivity contribution in [2.24, 2.45) is 0 Å². The number of esters is 1. The van der Waals surface area contributed by atoms with E-state index in [4.69, 9.17) is 32.5 Å². The maximum absolute atomic E-state index is 11.0. The van der Waals surface area contributed by atoms with Gasteiger partial charge < -0.3 is 9.53 Å². The minimum atomic E-state index is -4.66. The number of carbonyl (C=O) groups excluding carboxylic acids is 2. The van der Waals surface area contributed by atoms with Crippen LogP contribution in [0.3, 0.4) is 0 Å². The van der Waals surface area contributed by atoms with Gasteiger partial charge >= 0.3 is 5.97 Å². The molecule has 0 radical (unpaired) electrons. The molecular weight excluding hydrogens is 319 g/mol. The molecular formula is C10H8Cl2O6S.